The third-order valence-electron chi connectivity index (χ3n) is 2.51. The van der Waals surface area contributed by atoms with E-state index in [0.717, 1.165) is 5.56 Å². The van der Waals surface area contributed by atoms with Crippen LogP contribution in [0.15, 0.2) is 30.3 Å². The molecule has 4 N–H and O–H groups in total. The van der Waals surface area contributed by atoms with E-state index in [2.05, 4.69) is 15.4 Å². The lowest BCUT2D eigenvalue weighted by Crippen LogP contribution is -2.09. The van der Waals surface area contributed by atoms with Crippen molar-refractivity contribution in [3.05, 3.63) is 41.7 Å². The van der Waals surface area contributed by atoms with Crippen LogP contribution in [-0.4, -0.2) is 21.7 Å². The van der Waals surface area contributed by atoms with Gasteiger partial charge in [-0.05, 0) is 31.0 Å². The van der Waals surface area contributed by atoms with Crippen molar-refractivity contribution in [2.75, 3.05) is 12.0 Å². The summed E-state index contributed by atoms with van der Waals surface area (Å²) in [5.41, 5.74) is 3.51. The van der Waals surface area contributed by atoms with E-state index in [4.69, 9.17) is 15.7 Å². The topological polar surface area (TPSA) is 93.3 Å². The zero-order valence-electron chi connectivity index (χ0n) is 10.6. The molecule has 2 rings (SSSR count). The van der Waals surface area contributed by atoms with Crippen LogP contribution in [0.4, 0.5) is 5.82 Å². The molecule has 0 saturated heterocycles. The molecule has 6 heteroatoms. The fraction of sp³-hybridized carbons (Fsp3) is 0.231. The normalized spacial score (nSPS) is 10.3. The first-order chi connectivity index (χ1) is 9.21. The van der Waals surface area contributed by atoms with Crippen LogP contribution in [-0.2, 0) is 6.42 Å². The fourth-order valence-corrected chi connectivity index (χ4v) is 1.64. The Balaban J connectivity index is 2.14. The second-order valence-corrected chi connectivity index (χ2v) is 4.00. The molecule has 0 aliphatic carbocycles. The molecule has 0 bridgehead atoms. The molecule has 1 aromatic carbocycles. The van der Waals surface area contributed by atoms with Crippen molar-refractivity contribution in [1.82, 2.24) is 9.97 Å². The number of aryl methyl sites for hydroxylation is 1. The molecule has 0 fully saturated rings. The number of aliphatic hydroxyl groups excluding tert-OH is 1. The molecule has 0 saturated carbocycles. The van der Waals surface area contributed by atoms with Crippen molar-refractivity contribution in [3.63, 3.8) is 0 Å². The Kier molecular flexibility index (Phi) is 4.27. The summed E-state index contributed by atoms with van der Waals surface area (Å²) in [6.07, 6.45) is 0.633. The summed E-state index contributed by atoms with van der Waals surface area (Å²) in [7, 11) is 0. The Morgan fingerprint density at radius 3 is 2.63 bits per heavy atom. The van der Waals surface area contributed by atoms with Gasteiger partial charge < -0.3 is 15.3 Å². The number of nitrogens with one attached hydrogen (secondary N) is 1. The number of hydrogen-bond acceptors (Lipinski definition) is 6. The number of nitrogen functional groups attached to an aromatic ring is 1. The number of hydrazine groups is 1. The van der Waals surface area contributed by atoms with Crippen molar-refractivity contribution in [1.29, 1.82) is 0 Å². The molecule has 1 heterocycles. The number of ether oxygens (including phenoxy) is 1. The summed E-state index contributed by atoms with van der Waals surface area (Å²) in [5, 5.41) is 8.85. The highest BCUT2D eigenvalue weighted by atomic mass is 16.5. The number of aliphatic hydroxyl groups is 1. The van der Waals surface area contributed by atoms with Crippen LogP contribution in [0.2, 0.25) is 0 Å². The minimum absolute atomic E-state index is 0.136. The molecule has 0 radical (unpaired) electrons. The van der Waals surface area contributed by atoms with Gasteiger partial charge in [0.2, 0.25) is 5.88 Å². The molecule has 100 valence electrons. The molecule has 6 nitrogen and oxygen atoms in total. The van der Waals surface area contributed by atoms with Gasteiger partial charge >= 0.3 is 0 Å². The molecule has 0 atom stereocenters. The third kappa shape index (κ3) is 3.64. The Morgan fingerprint density at radius 2 is 2.00 bits per heavy atom. The van der Waals surface area contributed by atoms with E-state index >= 15 is 0 Å². The van der Waals surface area contributed by atoms with Crippen LogP contribution in [0.25, 0.3) is 0 Å². The Labute approximate surface area is 111 Å². The van der Waals surface area contributed by atoms with Gasteiger partial charge in [-0.15, -0.1) is 0 Å². The van der Waals surface area contributed by atoms with E-state index in [-0.39, 0.29) is 6.61 Å². The summed E-state index contributed by atoms with van der Waals surface area (Å²) < 4.78 is 5.63. The van der Waals surface area contributed by atoms with Crippen molar-refractivity contribution >= 4 is 5.82 Å². The smallest absolute Gasteiger partial charge is 0.224 e. The van der Waals surface area contributed by atoms with Gasteiger partial charge in [0.25, 0.3) is 0 Å². The van der Waals surface area contributed by atoms with Crippen LogP contribution < -0.4 is 16.0 Å². The minimum atomic E-state index is 0.136. The minimum Gasteiger partial charge on any atom is -0.439 e. The number of benzene rings is 1. The number of nitrogens with two attached hydrogens (primary N) is 1. The van der Waals surface area contributed by atoms with Gasteiger partial charge in [0.1, 0.15) is 17.4 Å². The first kappa shape index (κ1) is 13.3. The number of anilines is 1. The average molecular weight is 260 g/mol. The highest BCUT2D eigenvalue weighted by molar-refractivity contribution is 5.39. The quantitative estimate of drug-likeness (QED) is 0.556. The molecular weight excluding hydrogens is 244 g/mol. The summed E-state index contributed by atoms with van der Waals surface area (Å²) in [4.78, 5) is 8.24. The van der Waals surface area contributed by atoms with Gasteiger partial charge in [-0.1, -0.05) is 12.1 Å². The number of hydrogen-bond donors (Lipinski definition) is 3. The molecule has 0 amide bonds. The SMILES string of the molecule is Cc1nc(NN)cc(Oc2ccc(CCO)cc2)n1. The first-order valence-electron chi connectivity index (χ1n) is 5.91. The van der Waals surface area contributed by atoms with Gasteiger partial charge in [-0.3, -0.25) is 0 Å². The van der Waals surface area contributed by atoms with Crippen LogP contribution in [0.1, 0.15) is 11.4 Å². The lowest BCUT2D eigenvalue weighted by atomic mass is 10.1. The van der Waals surface area contributed by atoms with E-state index in [1.54, 1.807) is 13.0 Å². The zero-order chi connectivity index (χ0) is 13.7. The van der Waals surface area contributed by atoms with Gasteiger partial charge in [0.15, 0.2) is 0 Å². The summed E-state index contributed by atoms with van der Waals surface area (Å²) >= 11 is 0. The molecular formula is C13H16N4O2. The summed E-state index contributed by atoms with van der Waals surface area (Å²) in [6.45, 7) is 1.90. The van der Waals surface area contributed by atoms with Crippen molar-refractivity contribution in [3.8, 4) is 11.6 Å². The highest BCUT2D eigenvalue weighted by Crippen LogP contribution is 2.21. The van der Waals surface area contributed by atoms with Crippen LogP contribution in [0.3, 0.4) is 0 Å². The summed E-state index contributed by atoms with van der Waals surface area (Å²) in [6, 6.07) is 9.09. The molecule has 0 aliphatic heterocycles. The molecule has 1 aromatic heterocycles. The maximum atomic E-state index is 8.85. The van der Waals surface area contributed by atoms with Gasteiger partial charge in [-0.2, -0.15) is 4.98 Å². The highest BCUT2D eigenvalue weighted by Gasteiger charge is 2.03. The van der Waals surface area contributed by atoms with Crippen LogP contribution in [0.5, 0.6) is 11.6 Å². The molecule has 0 aliphatic rings. The lowest BCUT2D eigenvalue weighted by Gasteiger charge is -2.08. The maximum Gasteiger partial charge on any atom is 0.224 e. The monoisotopic (exact) mass is 260 g/mol. The second kappa shape index (κ2) is 6.12. The molecule has 0 unspecified atom stereocenters. The largest absolute Gasteiger partial charge is 0.439 e. The van der Waals surface area contributed by atoms with Gasteiger partial charge in [0, 0.05) is 12.7 Å². The predicted molar refractivity (Wildman–Crippen MR) is 71.9 cm³/mol. The van der Waals surface area contributed by atoms with Crippen molar-refractivity contribution < 1.29 is 9.84 Å². The molecule has 0 spiro atoms. The van der Waals surface area contributed by atoms with Crippen molar-refractivity contribution in [2.45, 2.75) is 13.3 Å². The van der Waals surface area contributed by atoms with Crippen LogP contribution >= 0.6 is 0 Å². The van der Waals surface area contributed by atoms with E-state index < -0.39 is 0 Å². The Bertz CT molecular complexity index is 543. The Morgan fingerprint density at radius 1 is 1.26 bits per heavy atom. The average Bonchev–Trinajstić information content (AvgIpc) is 2.40. The third-order valence-corrected chi connectivity index (χ3v) is 2.51. The lowest BCUT2D eigenvalue weighted by molar-refractivity contribution is 0.299. The second-order valence-electron chi connectivity index (χ2n) is 4.00. The van der Waals surface area contributed by atoms with E-state index in [1.165, 1.54) is 0 Å². The Hall–Kier alpha value is -2.18. The standard InChI is InChI=1S/C13H16N4O2/c1-9-15-12(17-14)8-13(16-9)19-11-4-2-10(3-5-11)6-7-18/h2-5,8,18H,6-7,14H2,1H3,(H,15,16,17). The zero-order valence-corrected chi connectivity index (χ0v) is 10.6. The maximum absolute atomic E-state index is 8.85. The van der Waals surface area contributed by atoms with Crippen molar-refractivity contribution in [2.24, 2.45) is 5.84 Å². The van der Waals surface area contributed by atoms with Gasteiger partial charge in [-0.25, -0.2) is 10.8 Å². The van der Waals surface area contributed by atoms with Crippen LogP contribution in [0, 0.1) is 6.92 Å². The predicted octanol–water partition coefficient (Wildman–Crippen LogP) is 1.40. The number of aromatic nitrogens is 2. The van der Waals surface area contributed by atoms with E-state index in [0.29, 0.717) is 29.7 Å². The number of rotatable bonds is 5. The fourth-order valence-electron chi connectivity index (χ4n) is 1.64. The van der Waals surface area contributed by atoms with E-state index in [1.807, 2.05) is 24.3 Å². The van der Waals surface area contributed by atoms with E-state index in [9.17, 15) is 0 Å². The molecule has 2 aromatic rings. The number of nitrogens with zero attached hydrogens (tertiary/aromatic N) is 2. The molecule has 19 heavy (non-hydrogen) atoms. The summed E-state index contributed by atoms with van der Waals surface area (Å²) in [5.74, 6) is 7.48. The van der Waals surface area contributed by atoms with Gasteiger partial charge in [0.05, 0.1) is 0 Å². The first-order valence-corrected chi connectivity index (χ1v) is 5.91.